The van der Waals surface area contributed by atoms with E-state index in [0.717, 1.165) is 36.2 Å². The zero-order chi connectivity index (χ0) is 26.7. The number of aryl methyl sites for hydroxylation is 1. The highest BCUT2D eigenvalue weighted by atomic mass is 16.5. The molecule has 1 aromatic carbocycles. The van der Waals surface area contributed by atoms with Crippen molar-refractivity contribution in [1.29, 1.82) is 0 Å². The number of methoxy groups -OCH3 is 2. The first-order valence-electron chi connectivity index (χ1n) is 12.7. The van der Waals surface area contributed by atoms with Gasteiger partial charge in [-0.25, -0.2) is 9.59 Å². The first-order chi connectivity index (χ1) is 17.8. The van der Waals surface area contributed by atoms with Crippen molar-refractivity contribution in [2.75, 3.05) is 20.8 Å². The number of rotatable bonds is 7. The first kappa shape index (κ1) is 26.2. The maximum absolute atomic E-state index is 13.6. The molecule has 37 heavy (non-hydrogen) atoms. The van der Waals surface area contributed by atoms with Gasteiger partial charge in [-0.15, -0.1) is 0 Å². The van der Waals surface area contributed by atoms with Crippen molar-refractivity contribution in [3.63, 3.8) is 0 Å². The summed E-state index contributed by atoms with van der Waals surface area (Å²) >= 11 is 0. The molecule has 7 nitrogen and oxygen atoms in total. The average Bonchev–Trinajstić information content (AvgIpc) is 3.32. The first-order valence-corrected chi connectivity index (χ1v) is 12.7. The molecule has 0 saturated heterocycles. The molecule has 1 aliphatic heterocycles. The van der Waals surface area contributed by atoms with Gasteiger partial charge in [0.15, 0.2) is 0 Å². The van der Waals surface area contributed by atoms with Crippen LogP contribution in [-0.2, 0) is 19.1 Å². The molecule has 1 aromatic heterocycles. The largest absolute Gasteiger partial charge is 0.465 e. The number of ether oxygens (including phenoxy) is 2. The van der Waals surface area contributed by atoms with Crippen molar-refractivity contribution in [1.82, 2.24) is 9.47 Å². The van der Waals surface area contributed by atoms with E-state index in [1.165, 1.54) is 32.6 Å². The summed E-state index contributed by atoms with van der Waals surface area (Å²) in [4.78, 5) is 40.5. The maximum atomic E-state index is 13.6. The minimum atomic E-state index is -0.527. The molecule has 2 aliphatic rings. The molecule has 0 unspecified atom stereocenters. The third-order valence-electron chi connectivity index (χ3n) is 7.26. The quantitative estimate of drug-likeness (QED) is 0.286. The summed E-state index contributed by atoms with van der Waals surface area (Å²) in [5.74, 6) is -1.15. The molecule has 0 atom stereocenters. The van der Waals surface area contributed by atoms with Crippen LogP contribution in [0.5, 0.6) is 0 Å². The summed E-state index contributed by atoms with van der Waals surface area (Å²) in [5, 5.41) is 0. The predicted octanol–water partition coefficient (Wildman–Crippen LogP) is 5.44. The van der Waals surface area contributed by atoms with E-state index in [0.29, 0.717) is 34.6 Å². The Bertz CT molecular complexity index is 1340. The fraction of sp³-hybridized carbons (Fsp3) is 0.367. The van der Waals surface area contributed by atoms with E-state index < -0.39 is 11.9 Å². The van der Waals surface area contributed by atoms with Gasteiger partial charge < -0.3 is 18.9 Å². The molecule has 0 fully saturated rings. The predicted molar refractivity (Wildman–Crippen MR) is 142 cm³/mol. The number of carbonyl (C=O) groups excluding carboxylic acids is 3. The number of allylic oxidation sites excluding steroid dienone is 2. The van der Waals surface area contributed by atoms with Crippen LogP contribution in [0.2, 0.25) is 0 Å². The van der Waals surface area contributed by atoms with Crippen molar-refractivity contribution in [2.45, 2.75) is 52.9 Å². The highest BCUT2D eigenvalue weighted by Crippen LogP contribution is 2.34. The van der Waals surface area contributed by atoms with Gasteiger partial charge in [-0.1, -0.05) is 23.8 Å². The van der Waals surface area contributed by atoms with Gasteiger partial charge >= 0.3 is 11.9 Å². The number of hydrogen-bond acceptors (Lipinski definition) is 5. The lowest BCUT2D eigenvalue weighted by atomic mass is 9.97. The number of amides is 1. The second-order valence-corrected chi connectivity index (χ2v) is 9.50. The maximum Gasteiger partial charge on any atom is 0.340 e. The molecule has 2 heterocycles. The molecule has 1 amide bonds. The van der Waals surface area contributed by atoms with Crippen molar-refractivity contribution >= 4 is 23.9 Å². The summed E-state index contributed by atoms with van der Waals surface area (Å²) in [5.41, 5.74) is 6.24. The lowest BCUT2D eigenvalue weighted by molar-refractivity contribution is -0.136. The van der Waals surface area contributed by atoms with E-state index in [2.05, 4.69) is 6.08 Å². The van der Waals surface area contributed by atoms with Gasteiger partial charge in [0.1, 0.15) is 0 Å². The van der Waals surface area contributed by atoms with E-state index >= 15 is 0 Å². The summed E-state index contributed by atoms with van der Waals surface area (Å²) in [7, 11) is 2.69. The number of carbonyl (C=O) groups is 3. The van der Waals surface area contributed by atoms with E-state index in [9.17, 15) is 14.4 Å². The van der Waals surface area contributed by atoms with Crippen LogP contribution in [0, 0.1) is 13.8 Å². The smallest absolute Gasteiger partial charge is 0.340 e. The molecule has 0 N–H and O–H groups in total. The topological polar surface area (TPSA) is 77.8 Å². The van der Waals surface area contributed by atoms with Crippen LogP contribution in [0.3, 0.4) is 0 Å². The summed E-state index contributed by atoms with van der Waals surface area (Å²) < 4.78 is 12.0. The fourth-order valence-corrected chi connectivity index (χ4v) is 5.30. The highest BCUT2D eigenvalue weighted by molar-refractivity contribution is 6.16. The standard InChI is InChI=1S/C30H34N2O5/c1-19-17-23(20(2)32(19)26-14-10-9-13-24(26)29(34)36-4)18-25-27(30(35)37-5)21(3)31(28(25)33)16-15-22-11-7-6-8-12-22/h9-11,13-14,17-18H,6-8,12,15-16H2,1-5H3. The molecule has 7 heteroatoms. The summed E-state index contributed by atoms with van der Waals surface area (Å²) in [6.07, 6.45) is 9.39. The van der Waals surface area contributed by atoms with Crippen molar-refractivity contribution in [2.24, 2.45) is 0 Å². The zero-order valence-corrected chi connectivity index (χ0v) is 22.2. The molecule has 4 rings (SSSR count). The van der Waals surface area contributed by atoms with Gasteiger partial charge in [-0.2, -0.15) is 0 Å². The minimum Gasteiger partial charge on any atom is -0.465 e. The number of aromatic nitrogens is 1. The fourth-order valence-electron chi connectivity index (χ4n) is 5.30. The lowest BCUT2D eigenvalue weighted by Gasteiger charge is -2.20. The van der Waals surface area contributed by atoms with E-state index in [1.54, 1.807) is 30.0 Å². The van der Waals surface area contributed by atoms with Crippen LogP contribution >= 0.6 is 0 Å². The minimum absolute atomic E-state index is 0.200. The molecule has 0 radical (unpaired) electrons. The average molecular weight is 503 g/mol. The van der Waals surface area contributed by atoms with Gasteiger partial charge in [0.05, 0.1) is 36.6 Å². The third kappa shape index (κ3) is 5.03. The van der Waals surface area contributed by atoms with Crippen molar-refractivity contribution in [3.8, 4) is 5.69 Å². The second kappa shape index (κ2) is 11.0. The monoisotopic (exact) mass is 502 g/mol. The van der Waals surface area contributed by atoms with E-state index in [1.807, 2.05) is 36.6 Å². The Morgan fingerprint density at radius 2 is 1.76 bits per heavy atom. The Labute approximate surface area is 218 Å². The van der Waals surface area contributed by atoms with Crippen LogP contribution in [0.15, 0.2) is 58.8 Å². The number of hydrogen-bond donors (Lipinski definition) is 0. The van der Waals surface area contributed by atoms with Crippen molar-refractivity contribution < 1.29 is 23.9 Å². The Morgan fingerprint density at radius 3 is 2.43 bits per heavy atom. The number of esters is 2. The van der Waals surface area contributed by atoms with E-state index in [4.69, 9.17) is 9.47 Å². The van der Waals surface area contributed by atoms with Gasteiger partial charge in [0.2, 0.25) is 0 Å². The third-order valence-corrected chi connectivity index (χ3v) is 7.26. The van der Waals surface area contributed by atoms with Gasteiger partial charge in [-0.05, 0) is 82.7 Å². The van der Waals surface area contributed by atoms with Gasteiger partial charge in [-0.3, -0.25) is 4.79 Å². The molecule has 0 spiro atoms. The van der Waals surface area contributed by atoms with E-state index in [-0.39, 0.29) is 5.91 Å². The number of nitrogens with zero attached hydrogens (tertiary/aromatic N) is 2. The lowest BCUT2D eigenvalue weighted by Crippen LogP contribution is -2.26. The van der Waals surface area contributed by atoms with Crippen LogP contribution < -0.4 is 0 Å². The van der Waals surface area contributed by atoms with Crippen LogP contribution in [0.4, 0.5) is 0 Å². The van der Waals surface area contributed by atoms with Crippen LogP contribution in [0.1, 0.15) is 66.3 Å². The zero-order valence-electron chi connectivity index (χ0n) is 22.2. The van der Waals surface area contributed by atoms with Crippen LogP contribution in [0.25, 0.3) is 11.8 Å². The number of benzene rings is 1. The Morgan fingerprint density at radius 1 is 1.03 bits per heavy atom. The Balaban J connectivity index is 1.74. The molecular formula is C30H34N2O5. The molecule has 1 aliphatic carbocycles. The van der Waals surface area contributed by atoms with Crippen molar-refractivity contribution in [3.05, 3.63) is 81.3 Å². The Hall–Kier alpha value is -3.87. The SMILES string of the molecule is COC(=O)C1=C(C)N(CCC2=CCCCC2)C(=O)C1=Cc1cc(C)n(-c2ccccc2C(=O)OC)c1C. The highest BCUT2D eigenvalue weighted by Gasteiger charge is 2.37. The summed E-state index contributed by atoms with van der Waals surface area (Å²) in [6.45, 7) is 6.19. The summed E-state index contributed by atoms with van der Waals surface area (Å²) in [6, 6.07) is 9.18. The molecule has 194 valence electrons. The Kier molecular flexibility index (Phi) is 7.81. The normalized spacial score (nSPS) is 16.9. The van der Waals surface area contributed by atoms with Gasteiger partial charge in [0, 0.05) is 23.6 Å². The molecular weight excluding hydrogens is 468 g/mol. The molecule has 0 bridgehead atoms. The van der Waals surface area contributed by atoms with Gasteiger partial charge in [0.25, 0.3) is 5.91 Å². The van der Waals surface area contributed by atoms with Crippen LogP contribution in [-0.4, -0.2) is 48.1 Å². The molecule has 2 aromatic rings. The number of para-hydroxylation sites is 1. The molecule has 0 saturated carbocycles. The second-order valence-electron chi connectivity index (χ2n) is 9.50.